The first kappa shape index (κ1) is 13.5. The molecule has 2 unspecified atom stereocenters. The summed E-state index contributed by atoms with van der Waals surface area (Å²) in [5.74, 6) is 0.651. The molecular formula is C15H23NO2S. The second-order valence-corrected chi connectivity index (χ2v) is 7.70. The van der Waals surface area contributed by atoms with Crippen molar-refractivity contribution in [2.24, 2.45) is 11.3 Å². The molecule has 1 saturated carbocycles. The molecular weight excluding hydrogens is 258 g/mol. The van der Waals surface area contributed by atoms with Crippen LogP contribution in [0.1, 0.15) is 67.8 Å². The molecule has 3 nitrogen and oxygen atoms in total. The van der Waals surface area contributed by atoms with Crippen molar-refractivity contribution >= 4 is 11.3 Å². The molecule has 2 aliphatic carbocycles. The summed E-state index contributed by atoms with van der Waals surface area (Å²) in [4.78, 5) is 5.89. The van der Waals surface area contributed by atoms with Crippen LogP contribution in [0.3, 0.4) is 0 Å². The van der Waals surface area contributed by atoms with Gasteiger partial charge in [-0.1, -0.05) is 13.8 Å². The number of hydrogen-bond acceptors (Lipinski definition) is 4. The topological polar surface area (TPSA) is 42.4 Å². The summed E-state index contributed by atoms with van der Waals surface area (Å²) in [7, 11) is 0. The maximum Gasteiger partial charge on any atom is 0.122 e. The summed E-state index contributed by atoms with van der Waals surface area (Å²) in [5, 5.41) is 11.4. The van der Waals surface area contributed by atoms with Gasteiger partial charge in [0.25, 0.3) is 0 Å². The number of rotatable bonds is 4. The molecule has 1 N–H and O–H groups in total. The van der Waals surface area contributed by atoms with Crippen molar-refractivity contribution in [1.29, 1.82) is 0 Å². The van der Waals surface area contributed by atoms with E-state index in [1.54, 1.807) is 11.3 Å². The fraction of sp³-hybridized carbons (Fsp3) is 0.800. The summed E-state index contributed by atoms with van der Waals surface area (Å²) >= 11 is 1.67. The van der Waals surface area contributed by atoms with E-state index in [4.69, 9.17) is 9.72 Å². The molecule has 2 atom stereocenters. The third kappa shape index (κ3) is 2.71. The van der Waals surface area contributed by atoms with Crippen molar-refractivity contribution in [1.82, 2.24) is 4.98 Å². The lowest BCUT2D eigenvalue weighted by Crippen LogP contribution is -2.24. The van der Waals surface area contributed by atoms with E-state index in [0.29, 0.717) is 5.92 Å². The molecule has 106 valence electrons. The second-order valence-electron chi connectivity index (χ2n) is 6.64. The van der Waals surface area contributed by atoms with Gasteiger partial charge < -0.3 is 9.84 Å². The second kappa shape index (κ2) is 4.83. The average molecular weight is 281 g/mol. The standard InChI is InChI=1S/C15H23NO2S/c1-4-18-12(9-5-6-9)14-16-10-7-15(2,3)8-11(17)13(10)19-14/h9,11-12,17H,4-8H2,1-3H3. The van der Waals surface area contributed by atoms with Crippen LogP contribution in [0.25, 0.3) is 0 Å². The van der Waals surface area contributed by atoms with Gasteiger partial charge >= 0.3 is 0 Å². The van der Waals surface area contributed by atoms with Gasteiger partial charge in [-0.05, 0) is 43.9 Å². The molecule has 0 bridgehead atoms. The van der Waals surface area contributed by atoms with Gasteiger partial charge in [-0.15, -0.1) is 11.3 Å². The fourth-order valence-electron chi connectivity index (χ4n) is 3.02. The fourth-order valence-corrected chi connectivity index (χ4v) is 4.23. The van der Waals surface area contributed by atoms with Gasteiger partial charge in [-0.3, -0.25) is 0 Å². The Morgan fingerprint density at radius 3 is 2.84 bits per heavy atom. The SMILES string of the molecule is CCOC(c1nc2c(s1)C(O)CC(C)(C)C2)C1CC1. The van der Waals surface area contributed by atoms with Crippen molar-refractivity contribution in [3.8, 4) is 0 Å². The molecule has 1 fully saturated rings. The Bertz CT molecular complexity index is 465. The number of aromatic nitrogens is 1. The zero-order valence-electron chi connectivity index (χ0n) is 12.0. The van der Waals surface area contributed by atoms with E-state index in [2.05, 4.69) is 13.8 Å². The molecule has 3 rings (SSSR count). The highest BCUT2D eigenvalue weighted by molar-refractivity contribution is 7.11. The predicted octanol–water partition coefficient (Wildman–Crippen LogP) is 3.64. The minimum atomic E-state index is -0.341. The summed E-state index contributed by atoms with van der Waals surface area (Å²) in [6.07, 6.45) is 4.14. The highest BCUT2D eigenvalue weighted by atomic mass is 32.1. The number of ether oxygens (including phenoxy) is 1. The number of nitrogens with zero attached hydrogens (tertiary/aromatic N) is 1. The Labute approximate surface area is 119 Å². The van der Waals surface area contributed by atoms with E-state index in [1.165, 1.54) is 12.8 Å². The van der Waals surface area contributed by atoms with Gasteiger partial charge in [-0.25, -0.2) is 4.98 Å². The number of thiazole rings is 1. The lowest BCUT2D eigenvalue weighted by atomic mass is 9.77. The average Bonchev–Trinajstić information content (AvgIpc) is 3.05. The van der Waals surface area contributed by atoms with Crippen molar-refractivity contribution < 1.29 is 9.84 Å². The molecule has 1 heterocycles. The minimum Gasteiger partial charge on any atom is -0.387 e. The molecule has 2 aliphatic rings. The number of hydrogen-bond donors (Lipinski definition) is 1. The summed E-state index contributed by atoms with van der Waals surface area (Å²) in [5.41, 5.74) is 1.26. The summed E-state index contributed by atoms with van der Waals surface area (Å²) in [6.45, 7) is 7.19. The van der Waals surface area contributed by atoms with Crippen LogP contribution in [0, 0.1) is 11.3 Å². The minimum absolute atomic E-state index is 0.151. The van der Waals surface area contributed by atoms with E-state index < -0.39 is 0 Å². The number of aliphatic hydroxyl groups is 1. The van der Waals surface area contributed by atoms with Crippen LogP contribution in [0.5, 0.6) is 0 Å². The van der Waals surface area contributed by atoms with Crippen LogP contribution in [-0.4, -0.2) is 16.7 Å². The number of aliphatic hydroxyl groups excluding tert-OH is 1. The van der Waals surface area contributed by atoms with E-state index in [1.807, 2.05) is 6.92 Å². The molecule has 0 saturated heterocycles. The normalized spacial score (nSPS) is 27.1. The van der Waals surface area contributed by atoms with Gasteiger partial charge in [-0.2, -0.15) is 0 Å². The first-order valence-corrected chi connectivity index (χ1v) is 8.11. The Hall–Kier alpha value is -0.450. The number of fused-ring (bicyclic) bond motifs is 1. The summed E-state index contributed by atoms with van der Waals surface area (Å²) < 4.78 is 5.88. The van der Waals surface area contributed by atoms with Crippen molar-refractivity contribution in [2.75, 3.05) is 6.61 Å². The Balaban J connectivity index is 1.89. The predicted molar refractivity (Wildman–Crippen MR) is 76.3 cm³/mol. The Kier molecular flexibility index (Phi) is 3.44. The molecule has 1 aromatic rings. The van der Waals surface area contributed by atoms with Gasteiger partial charge in [0.1, 0.15) is 11.1 Å². The van der Waals surface area contributed by atoms with E-state index in [9.17, 15) is 5.11 Å². The van der Waals surface area contributed by atoms with Gasteiger partial charge in [0, 0.05) is 6.61 Å². The molecule has 1 aromatic heterocycles. The maximum absolute atomic E-state index is 10.3. The van der Waals surface area contributed by atoms with Crippen LogP contribution in [0.15, 0.2) is 0 Å². The van der Waals surface area contributed by atoms with E-state index >= 15 is 0 Å². The maximum atomic E-state index is 10.3. The molecule has 0 spiro atoms. The van der Waals surface area contributed by atoms with Crippen LogP contribution >= 0.6 is 11.3 Å². The van der Waals surface area contributed by atoms with Gasteiger partial charge in [0.05, 0.1) is 16.7 Å². The smallest absolute Gasteiger partial charge is 0.122 e. The lowest BCUT2D eigenvalue weighted by Gasteiger charge is -2.31. The third-order valence-electron chi connectivity index (χ3n) is 4.08. The molecule has 19 heavy (non-hydrogen) atoms. The molecule has 0 aromatic carbocycles. The van der Waals surface area contributed by atoms with E-state index in [-0.39, 0.29) is 17.6 Å². The Morgan fingerprint density at radius 2 is 2.21 bits per heavy atom. The van der Waals surface area contributed by atoms with Gasteiger partial charge in [0.15, 0.2) is 0 Å². The first-order chi connectivity index (χ1) is 9.00. The third-order valence-corrected chi connectivity index (χ3v) is 5.34. The van der Waals surface area contributed by atoms with Crippen molar-refractivity contribution in [2.45, 2.75) is 58.7 Å². The highest BCUT2D eigenvalue weighted by Gasteiger charge is 2.39. The van der Waals surface area contributed by atoms with Crippen molar-refractivity contribution in [3.05, 3.63) is 15.6 Å². The quantitative estimate of drug-likeness (QED) is 0.916. The first-order valence-electron chi connectivity index (χ1n) is 7.29. The van der Waals surface area contributed by atoms with Crippen LogP contribution < -0.4 is 0 Å². The van der Waals surface area contributed by atoms with Crippen LogP contribution in [0.4, 0.5) is 0 Å². The van der Waals surface area contributed by atoms with Crippen molar-refractivity contribution in [3.63, 3.8) is 0 Å². The van der Waals surface area contributed by atoms with Gasteiger partial charge in [0.2, 0.25) is 0 Å². The molecule has 0 radical (unpaired) electrons. The van der Waals surface area contributed by atoms with E-state index in [0.717, 1.165) is 35.0 Å². The molecule has 0 amide bonds. The van der Waals surface area contributed by atoms with Crippen LogP contribution in [-0.2, 0) is 11.2 Å². The lowest BCUT2D eigenvalue weighted by molar-refractivity contribution is 0.0460. The highest BCUT2D eigenvalue weighted by Crippen LogP contribution is 2.48. The zero-order valence-corrected chi connectivity index (χ0v) is 12.8. The molecule has 0 aliphatic heterocycles. The zero-order chi connectivity index (χ0) is 13.6. The largest absolute Gasteiger partial charge is 0.387 e. The summed E-state index contributed by atoms with van der Waals surface area (Å²) in [6, 6.07) is 0. The Morgan fingerprint density at radius 1 is 1.47 bits per heavy atom. The van der Waals surface area contributed by atoms with Crippen LogP contribution in [0.2, 0.25) is 0 Å². The molecule has 4 heteroatoms. The monoisotopic (exact) mass is 281 g/mol.